The van der Waals surface area contributed by atoms with E-state index >= 15 is 0 Å². The summed E-state index contributed by atoms with van der Waals surface area (Å²) >= 11 is 0. The zero-order valence-corrected chi connectivity index (χ0v) is 22.7. The number of benzene rings is 3. The number of nitrogens with one attached hydrogen (secondary N) is 1. The van der Waals surface area contributed by atoms with Gasteiger partial charge in [-0.25, -0.2) is 4.39 Å². The van der Waals surface area contributed by atoms with Crippen molar-refractivity contribution < 1.29 is 38.1 Å². The number of carbonyl (C=O) groups excluding carboxylic acids is 2. The van der Waals surface area contributed by atoms with Gasteiger partial charge in [-0.2, -0.15) is 0 Å². The van der Waals surface area contributed by atoms with Crippen LogP contribution in [-0.2, 0) is 11.3 Å². The molecule has 10 heteroatoms. The molecule has 0 unspecified atom stereocenters. The summed E-state index contributed by atoms with van der Waals surface area (Å²) in [6.45, 7) is -0.477. The van der Waals surface area contributed by atoms with Gasteiger partial charge in [-0.1, -0.05) is 48.5 Å². The molecule has 0 fully saturated rings. The number of amides is 2. The number of aliphatic hydroxyl groups is 2. The van der Waals surface area contributed by atoms with E-state index in [0.29, 0.717) is 22.5 Å². The molecule has 0 spiro atoms. The summed E-state index contributed by atoms with van der Waals surface area (Å²) in [5.41, 5.74) is 1.57. The molecule has 0 saturated carbocycles. The second-order valence-electron chi connectivity index (χ2n) is 10.2. The average Bonchev–Trinajstić information content (AvgIpc) is 3.62. The molecule has 3 N–H and O–H groups in total. The van der Waals surface area contributed by atoms with E-state index in [1.165, 1.54) is 24.2 Å². The lowest BCUT2D eigenvalue weighted by atomic mass is 9.77. The molecule has 9 nitrogen and oxygen atoms in total. The molecule has 2 heterocycles. The molecule has 1 aliphatic heterocycles. The first-order chi connectivity index (χ1) is 20.4. The van der Waals surface area contributed by atoms with Crippen LogP contribution in [0.5, 0.6) is 11.5 Å². The number of carbonyl (C=O) groups is 2. The van der Waals surface area contributed by atoms with Crippen LogP contribution in [0.15, 0.2) is 88.9 Å². The summed E-state index contributed by atoms with van der Waals surface area (Å²) in [6.07, 6.45) is -0.656. The highest BCUT2D eigenvalue weighted by atomic mass is 19.1. The number of furan rings is 1. The Kier molecular flexibility index (Phi) is 7.40. The molecule has 6 rings (SSSR count). The van der Waals surface area contributed by atoms with Crippen LogP contribution in [0.3, 0.4) is 0 Å². The van der Waals surface area contributed by atoms with E-state index in [9.17, 15) is 24.2 Å². The highest BCUT2D eigenvalue weighted by molar-refractivity contribution is 5.99. The van der Waals surface area contributed by atoms with Crippen LogP contribution in [0.2, 0.25) is 0 Å². The number of halogens is 1. The number of aliphatic hydroxyl groups excluding tert-OH is 2. The smallest absolute Gasteiger partial charge is 0.290 e. The Morgan fingerprint density at radius 1 is 1.07 bits per heavy atom. The van der Waals surface area contributed by atoms with Crippen LogP contribution >= 0.6 is 0 Å². The molecule has 1 aliphatic carbocycles. The molecule has 0 radical (unpaired) electrons. The summed E-state index contributed by atoms with van der Waals surface area (Å²) in [4.78, 5) is 28.9. The predicted octanol–water partition coefficient (Wildman–Crippen LogP) is 3.55. The predicted molar refractivity (Wildman–Crippen MR) is 151 cm³/mol. The molecule has 42 heavy (non-hydrogen) atoms. The second kappa shape index (κ2) is 11.3. The van der Waals surface area contributed by atoms with Gasteiger partial charge in [0.15, 0.2) is 17.1 Å². The van der Waals surface area contributed by atoms with E-state index in [0.717, 1.165) is 5.56 Å². The molecule has 3 aromatic carbocycles. The Labute approximate surface area is 240 Å². The summed E-state index contributed by atoms with van der Waals surface area (Å²) in [5, 5.41) is 24.4. The lowest BCUT2D eigenvalue weighted by Crippen LogP contribution is -2.55. The minimum absolute atomic E-state index is 0.0158. The van der Waals surface area contributed by atoms with Crippen molar-refractivity contribution in [1.29, 1.82) is 0 Å². The monoisotopic (exact) mass is 572 g/mol. The van der Waals surface area contributed by atoms with Gasteiger partial charge in [-0.05, 0) is 30.3 Å². The first kappa shape index (κ1) is 27.5. The van der Waals surface area contributed by atoms with E-state index in [1.807, 2.05) is 12.1 Å². The molecule has 216 valence electrons. The van der Waals surface area contributed by atoms with Crippen molar-refractivity contribution in [3.05, 3.63) is 107 Å². The summed E-state index contributed by atoms with van der Waals surface area (Å²) in [5.74, 6) is -1.33. The van der Waals surface area contributed by atoms with E-state index < -0.39 is 41.8 Å². The molecule has 2 aliphatic rings. The van der Waals surface area contributed by atoms with Gasteiger partial charge in [-0.15, -0.1) is 0 Å². The van der Waals surface area contributed by atoms with E-state index in [2.05, 4.69) is 5.32 Å². The van der Waals surface area contributed by atoms with Gasteiger partial charge in [0.2, 0.25) is 5.91 Å². The van der Waals surface area contributed by atoms with Crippen molar-refractivity contribution in [1.82, 2.24) is 10.2 Å². The van der Waals surface area contributed by atoms with E-state index in [-0.39, 0.29) is 36.6 Å². The second-order valence-corrected chi connectivity index (χ2v) is 10.2. The summed E-state index contributed by atoms with van der Waals surface area (Å²) in [7, 11) is 1.49. The molecule has 4 atom stereocenters. The number of methoxy groups -OCH3 is 1. The van der Waals surface area contributed by atoms with Crippen LogP contribution in [0.1, 0.15) is 27.6 Å². The lowest BCUT2D eigenvalue weighted by molar-refractivity contribution is -0.118. The van der Waals surface area contributed by atoms with Crippen molar-refractivity contribution in [3.8, 4) is 11.5 Å². The van der Waals surface area contributed by atoms with Crippen molar-refractivity contribution in [3.63, 3.8) is 0 Å². The minimum atomic E-state index is -1.29. The number of hydrogen-bond acceptors (Lipinski definition) is 7. The van der Waals surface area contributed by atoms with Crippen LogP contribution in [0.25, 0.3) is 11.0 Å². The Morgan fingerprint density at radius 2 is 1.86 bits per heavy atom. The number of para-hydroxylation sites is 2. The fourth-order valence-corrected chi connectivity index (χ4v) is 5.76. The molecule has 4 aromatic rings. The normalized spacial score (nSPS) is 20.7. The molecular weight excluding hydrogens is 543 g/mol. The third-order valence-corrected chi connectivity index (χ3v) is 7.74. The quantitative estimate of drug-likeness (QED) is 0.295. The Hall–Kier alpha value is -4.67. The number of fused-ring (bicyclic) bond motifs is 4. The van der Waals surface area contributed by atoms with Gasteiger partial charge >= 0.3 is 0 Å². The average molecular weight is 573 g/mol. The first-order valence-electron chi connectivity index (χ1n) is 13.6. The van der Waals surface area contributed by atoms with Crippen molar-refractivity contribution >= 4 is 22.8 Å². The lowest BCUT2D eigenvalue weighted by Gasteiger charge is -2.40. The maximum Gasteiger partial charge on any atom is 0.290 e. The summed E-state index contributed by atoms with van der Waals surface area (Å²) in [6, 6.07) is 18.9. The minimum Gasteiger partial charge on any atom is -0.493 e. The summed E-state index contributed by atoms with van der Waals surface area (Å²) < 4.78 is 32.4. The van der Waals surface area contributed by atoms with E-state index in [1.54, 1.807) is 54.6 Å². The van der Waals surface area contributed by atoms with Gasteiger partial charge in [0.25, 0.3) is 5.91 Å². The van der Waals surface area contributed by atoms with Crippen LogP contribution in [0.4, 0.5) is 4.39 Å². The fraction of sp³-hybridized carbons (Fsp3) is 0.250. The zero-order valence-electron chi connectivity index (χ0n) is 22.7. The SMILES string of the molecule is COc1cccc2cc(C(=O)N(Cc3ccccc3F)[C@@H]3C=C(C(=O)NCCO)[C@@H]4c5ccccc5O[C@@H]4[C@H]3O)oc12. The first-order valence-corrected chi connectivity index (χ1v) is 13.6. The molecule has 2 amide bonds. The Bertz CT molecular complexity index is 1680. The highest BCUT2D eigenvalue weighted by Crippen LogP contribution is 2.47. The van der Waals surface area contributed by atoms with E-state index in [4.69, 9.17) is 13.9 Å². The van der Waals surface area contributed by atoms with Gasteiger partial charge in [-0.3, -0.25) is 9.59 Å². The van der Waals surface area contributed by atoms with Gasteiger partial charge in [0.1, 0.15) is 23.8 Å². The largest absolute Gasteiger partial charge is 0.493 e. The molecule has 0 bridgehead atoms. The zero-order chi connectivity index (χ0) is 29.4. The number of ether oxygens (including phenoxy) is 2. The fourth-order valence-electron chi connectivity index (χ4n) is 5.76. The van der Waals surface area contributed by atoms with Crippen LogP contribution in [0, 0.1) is 5.82 Å². The topological polar surface area (TPSA) is 121 Å². The van der Waals surface area contributed by atoms with Gasteiger partial charge in [0, 0.05) is 35.2 Å². The molecule has 1 aromatic heterocycles. The third-order valence-electron chi connectivity index (χ3n) is 7.74. The maximum absolute atomic E-state index is 14.9. The van der Waals surface area contributed by atoms with Gasteiger partial charge in [0.05, 0.1) is 25.7 Å². The van der Waals surface area contributed by atoms with Crippen LogP contribution in [-0.4, -0.2) is 65.4 Å². The number of nitrogens with zero attached hydrogens (tertiary/aromatic N) is 1. The molecule has 0 saturated heterocycles. The van der Waals surface area contributed by atoms with Crippen molar-refractivity contribution in [2.45, 2.75) is 30.7 Å². The van der Waals surface area contributed by atoms with Crippen molar-refractivity contribution in [2.75, 3.05) is 20.3 Å². The maximum atomic E-state index is 14.9. The van der Waals surface area contributed by atoms with Crippen molar-refractivity contribution in [2.24, 2.45) is 0 Å². The number of hydrogen-bond donors (Lipinski definition) is 3. The highest BCUT2D eigenvalue weighted by Gasteiger charge is 2.50. The third kappa shape index (κ3) is 4.78. The van der Waals surface area contributed by atoms with Crippen LogP contribution < -0.4 is 14.8 Å². The Balaban J connectivity index is 1.46. The number of rotatable bonds is 8. The van der Waals surface area contributed by atoms with Gasteiger partial charge < -0.3 is 34.3 Å². The standard InChI is InChI=1S/C32H29FN2O7/c1-40-25-12-6-8-18-15-26(42-29(18)25)32(39)35(17-19-7-2-4-10-22(19)33)23-16-21(31(38)34-13-14-36)27-20-9-3-5-11-24(20)41-30(27)28(23)37/h2-12,15-16,23,27-28,30,36-37H,13-14,17H2,1H3,(H,34,38)/t23-,27+,28+,30+/m1/s1. The Morgan fingerprint density at radius 3 is 2.64 bits per heavy atom. The molecular formula is C32H29FN2O7.